The lowest BCUT2D eigenvalue weighted by Crippen LogP contribution is -2.51. The lowest BCUT2D eigenvalue weighted by molar-refractivity contribution is -0.239. The van der Waals surface area contributed by atoms with Crippen molar-refractivity contribution in [2.45, 2.75) is 70.3 Å². The highest BCUT2D eigenvalue weighted by Crippen LogP contribution is 2.52. The SMILES string of the molecule is CC(C)(C)OC(=O)c1ccc2nc(CN3CC=C(c4cccc5c4NC(c4ccc(Cl)cn4)(C(F)(F)F)O5)CC3)n(CC3CCO3)c2c1. The van der Waals surface area contributed by atoms with Crippen LogP contribution >= 0.6 is 11.6 Å². The molecule has 252 valence electrons. The number of ether oxygens (including phenoxy) is 3. The van der Waals surface area contributed by atoms with Gasteiger partial charge in [-0.25, -0.2) is 9.78 Å². The lowest BCUT2D eigenvalue weighted by atomic mass is 9.97. The van der Waals surface area contributed by atoms with Crippen LogP contribution in [0.2, 0.25) is 5.02 Å². The van der Waals surface area contributed by atoms with Gasteiger partial charge in [0, 0.05) is 31.5 Å². The molecule has 9 nitrogen and oxygen atoms in total. The molecule has 0 aliphatic carbocycles. The Balaban J connectivity index is 1.13. The molecule has 0 amide bonds. The third-order valence-electron chi connectivity index (χ3n) is 8.72. The first-order chi connectivity index (χ1) is 22.8. The molecule has 7 rings (SSSR count). The second kappa shape index (κ2) is 12.1. The van der Waals surface area contributed by atoms with E-state index in [0.29, 0.717) is 43.7 Å². The molecule has 3 aliphatic heterocycles. The number of alkyl halides is 3. The van der Waals surface area contributed by atoms with Crippen LogP contribution in [0.15, 0.2) is 60.8 Å². The molecule has 1 saturated heterocycles. The number of esters is 1. The van der Waals surface area contributed by atoms with Crippen molar-refractivity contribution < 1.29 is 32.2 Å². The van der Waals surface area contributed by atoms with Crippen molar-refractivity contribution in [2.24, 2.45) is 0 Å². The Kier molecular flexibility index (Phi) is 8.16. The second-order valence-corrected chi connectivity index (χ2v) is 13.7. The van der Waals surface area contributed by atoms with Crippen LogP contribution in [0.4, 0.5) is 18.9 Å². The van der Waals surface area contributed by atoms with E-state index in [1.807, 2.05) is 39.0 Å². The number of para-hydroxylation sites is 1. The highest BCUT2D eigenvalue weighted by molar-refractivity contribution is 6.30. The van der Waals surface area contributed by atoms with Crippen LogP contribution in [0.1, 0.15) is 61.1 Å². The normalized spacial score (nSPS) is 21.2. The first kappa shape index (κ1) is 32.4. The zero-order valence-corrected chi connectivity index (χ0v) is 27.5. The van der Waals surface area contributed by atoms with Crippen LogP contribution in [0.25, 0.3) is 16.6 Å². The molecule has 0 bridgehead atoms. The molecule has 0 spiro atoms. The molecule has 4 aromatic rings. The molecular formula is C35H35ClF3N5O4. The molecule has 48 heavy (non-hydrogen) atoms. The number of carbonyl (C=O) groups is 1. The summed E-state index contributed by atoms with van der Waals surface area (Å²) < 4.78 is 63.0. The third kappa shape index (κ3) is 6.12. The van der Waals surface area contributed by atoms with Crippen LogP contribution in [-0.4, -0.2) is 63.0 Å². The smallest absolute Gasteiger partial charge is 0.455 e. The van der Waals surface area contributed by atoms with E-state index in [2.05, 4.69) is 19.8 Å². The highest BCUT2D eigenvalue weighted by atomic mass is 35.5. The first-order valence-corrected chi connectivity index (χ1v) is 16.2. The van der Waals surface area contributed by atoms with E-state index in [-0.39, 0.29) is 28.3 Å². The van der Waals surface area contributed by atoms with E-state index < -0.39 is 23.5 Å². The molecular weight excluding hydrogens is 647 g/mol. The van der Waals surface area contributed by atoms with Gasteiger partial charge in [0.25, 0.3) is 0 Å². The van der Waals surface area contributed by atoms with Gasteiger partial charge in [-0.05, 0) is 75.6 Å². The van der Waals surface area contributed by atoms with E-state index in [4.69, 9.17) is 30.8 Å². The van der Waals surface area contributed by atoms with Crippen molar-refractivity contribution in [1.82, 2.24) is 19.4 Å². The number of anilines is 1. The summed E-state index contributed by atoms with van der Waals surface area (Å²) in [5.74, 6) is 0.554. The van der Waals surface area contributed by atoms with Gasteiger partial charge in [0.05, 0.1) is 46.5 Å². The van der Waals surface area contributed by atoms with Crippen LogP contribution in [-0.2, 0) is 28.3 Å². The molecule has 2 aromatic heterocycles. The van der Waals surface area contributed by atoms with Crippen molar-refractivity contribution in [3.63, 3.8) is 0 Å². The summed E-state index contributed by atoms with van der Waals surface area (Å²) in [4.78, 5) is 24.0. The van der Waals surface area contributed by atoms with Gasteiger partial charge in [0.1, 0.15) is 22.9 Å². The Morgan fingerprint density at radius 1 is 1.17 bits per heavy atom. The van der Waals surface area contributed by atoms with Gasteiger partial charge >= 0.3 is 17.9 Å². The number of nitrogens with zero attached hydrogens (tertiary/aromatic N) is 4. The number of hydrogen-bond donors (Lipinski definition) is 1. The molecule has 2 atom stereocenters. The van der Waals surface area contributed by atoms with Gasteiger partial charge < -0.3 is 24.1 Å². The molecule has 2 unspecified atom stereocenters. The quantitative estimate of drug-likeness (QED) is 0.203. The molecule has 1 N–H and O–H groups in total. The zero-order chi connectivity index (χ0) is 33.8. The summed E-state index contributed by atoms with van der Waals surface area (Å²) in [5, 5.41) is 2.88. The summed E-state index contributed by atoms with van der Waals surface area (Å²) >= 11 is 5.91. The number of aromatic nitrogens is 3. The molecule has 3 aliphatic rings. The minimum atomic E-state index is -4.81. The van der Waals surface area contributed by atoms with Gasteiger partial charge in [-0.1, -0.05) is 29.8 Å². The fourth-order valence-corrected chi connectivity index (χ4v) is 6.36. The minimum absolute atomic E-state index is 0.0703. The van der Waals surface area contributed by atoms with Gasteiger partial charge in [0.2, 0.25) is 0 Å². The van der Waals surface area contributed by atoms with Crippen LogP contribution in [0.5, 0.6) is 5.75 Å². The molecule has 0 radical (unpaired) electrons. The van der Waals surface area contributed by atoms with E-state index in [1.165, 1.54) is 24.4 Å². The second-order valence-electron chi connectivity index (χ2n) is 13.3. The molecule has 1 fully saturated rings. The number of halogens is 4. The summed E-state index contributed by atoms with van der Waals surface area (Å²) in [6.07, 6.45) is 0.0175. The minimum Gasteiger partial charge on any atom is -0.456 e. The van der Waals surface area contributed by atoms with Gasteiger partial charge in [-0.15, -0.1) is 0 Å². The number of fused-ring (bicyclic) bond motifs is 2. The van der Waals surface area contributed by atoms with E-state index in [0.717, 1.165) is 35.5 Å². The average molecular weight is 682 g/mol. The van der Waals surface area contributed by atoms with Crippen molar-refractivity contribution in [1.29, 1.82) is 0 Å². The van der Waals surface area contributed by atoms with Gasteiger partial charge in [-0.3, -0.25) is 9.88 Å². The summed E-state index contributed by atoms with van der Waals surface area (Å²) in [6, 6.07) is 13.0. The molecule has 2 aromatic carbocycles. The Labute approximate surface area is 280 Å². The number of nitrogens with one attached hydrogen (secondary N) is 1. The van der Waals surface area contributed by atoms with Crippen molar-refractivity contribution >= 4 is 39.9 Å². The van der Waals surface area contributed by atoms with E-state index in [1.54, 1.807) is 18.2 Å². The Hall–Kier alpha value is -4.13. The summed E-state index contributed by atoms with van der Waals surface area (Å²) in [5.41, 5.74) is 0.119. The van der Waals surface area contributed by atoms with Crippen molar-refractivity contribution in [3.05, 3.63) is 88.5 Å². The largest absolute Gasteiger partial charge is 0.456 e. The number of carbonyl (C=O) groups excluding carboxylic acids is 1. The highest BCUT2D eigenvalue weighted by Gasteiger charge is 2.63. The summed E-state index contributed by atoms with van der Waals surface area (Å²) in [7, 11) is 0. The lowest BCUT2D eigenvalue weighted by Gasteiger charge is -2.31. The van der Waals surface area contributed by atoms with Crippen LogP contribution in [0.3, 0.4) is 0 Å². The summed E-state index contributed by atoms with van der Waals surface area (Å²) in [6.45, 7) is 8.61. The maximum absolute atomic E-state index is 14.6. The van der Waals surface area contributed by atoms with E-state index in [9.17, 15) is 18.0 Å². The van der Waals surface area contributed by atoms with E-state index >= 15 is 0 Å². The monoisotopic (exact) mass is 681 g/mol. The van der Waals surface area contributed by atoms with Crippen LogP contribution in [0, 0.1) is 0 Å². The van der Waals surface area contributed by atoms with Gasteiger partial charge in [-0.2, -0.15) is 13.2 Å². The predicted molar refractivity (Wildman–Crippen MR) is 175 cm³/mol. The molecule has 13 heteroatoms. The topological polar surface area (TPSA) is 90.7 Å². The third-order valence-corrected chi connectivity index (χ3v) is 8.95. The standard InChI is InChI=1S/C35H35ClF3N5O4/c1-33(2,3)48-32(45)22-7-9-26-27(17-22)44(19-24-13-16-46-24)30(41-26)20-43-14-11-21(12-15-43)25-5-4-6-28-31(25)42-34(47-28,35(37,38)39)29-10-8-23(36)18-40-29/h4-11,17-18,24,42H,12-16,19-20H2,1-3H3. The Bertz CT molecular complexity index is 1900. The first-order valence-electron chi connectivity index (χ1n) is 15.8. The average Bonchev–Trinajstić information content (AvgIpc) is 3.57. The number of hydrogen-bond acceptors (Lipinski definition) is 8. The van der Waals surface area contributed by atoms with Gasteiger partial charge in [0.15, 0.2) is 0 Å². The van der Waals surface area contributed by atoms with Crippen molar-refractivity contribution in [2.75, 3.05) is 25.0 Å². The zero-order valence-electron chi connectivity index (χ0n) is 26.7. The number of rotatable bonds is 7. The molecule has 5 heterocycles. The van der Waals surface area contributed by atoms with Crippen molar-refractivity contribution in [3.8, 4) is 5.75 Å². The Morgan fingerprint density at radius 3 is 2.62 bits per heavy atom. The fraction of sp³-hybridized carbons (Fsp3) is 0.400. The number of imidazole rings is 1. The Morgan fingerprint density at radius 2 is 1.98 bits per heavy atom. The fourth-order valence-electron chi connectivity index (χ4n) is 6.25. The molecule has 0 saturated carbocycles. The number of benzene rings is 2. The maximum atomic E-state index is 14.6. The number of pyridine rings is 1. The van der Waals surface area contributed by atoms with Crippen LogP contribution < -0.4 is 10.1 Å². The maximum Gasteiger partial charge on any atom is 0.455 e. The predicted octanol–water partition coefficient (Wildman–Crippen LogP) is 7.34.